The van der Waals surface area contributed by atoms with E-state index >= 15 is 0 Å². The van der Waals surface area contributed by atoms with Gasteiger partial charge in [0.25, 0.3) is 6.43 Å². The molecule has 2 heterocycles. The summed E-state index contributed by atoms with van der Waals surface area (Å²) >= 11 is 0. The van der Waals surface area contributed by atoms with Crippen LogP contribution >= 0.6 is 0 Å². The van der Waals surface area contributed by atoms with Crippen molar-refractivity contribution in [3.63, 3.8) is 0 Å². The highest BCUT2D eigenvalue weighted by Gasteiger charge is 2.35. The Balaban J connectivity index is 1.80. The number of aromatic nitrogens is 2. The third-order valence-electron chi connectivity index (χ3n) is 5.72. The molecule has 32 heavy (non-hydrogen) atoms. The van der Waals surface area contributed by atoms with E-state index < -0.39 is 16.4 Å². The van der Waals surface area contributed by atoms with Crippen LogP contribution in [0, 0.1) is 12.3 Å². The van der Waals surface area contributed by atoms with E-state index in [1.54, 1.807) is 13.0 Å². The number of halogens is 2. The first-order valence-corrected chi connectivity index (χ1v) is 12.4. The molecular formula is C24H29F2N3O2S. The fourth-order valence-corrected chi connectivity index (χ4v) is 5.45. The van der Waals surface area contributed by atoms with Gasteiger partial charge in [-0.3, -0.25) is 4.98 Å². The van der Waals surface area contributed by atoms with Gasteiger partial charge in [0.1, 0.15) is 5.69 Å². The normalized spacial score (nSPS) is 15.1. The highest BCUT2D eigenvalue weighted by Crippen LogP contribution is 2.36. The van der Waals surface area contributed by atoms with Crippen molar-refractivity contribution < 1.29 is 17.2 Å². The Hall–Kier alpha value is -2.32. The van der Waals surface area contributed by atoms with E-state index in [4.69, 9.17) is 0 Å². The number of fused-ring (bicyclic) bond motifs is 1. The molecule has 1 fully saturated rings. The van der Waals surface area contributed by atoms with E-state index in [9.17, 15) is 17.2 Å². The summed E-state index contributed by atoms with van der Waals surface area (Å²) < 4.78 is 56.8. The van der Waals surface area contributed by atoms with Gasteiger partial charge in [0.2, 0.25) is 10.0 Å². The van der Waals surface area contributed by atoms with Crippen molar-refractivity contribution in [2.24, 2.45) is 5.41 Å². The lowest BCUT2D eigenvalue weighted by atomic mass is 9.96. The predicted octanol–water partition coefficient (Wildman–Crippen LogP) is 5.58. The molecule has 1 aliphatic rings. The smallest absolute Gasteiger partial charge is 0.280 e. The van der Waals surface area contributed by atoms with Crippen LogP contribution in [0.1, 0.15) is 56.9 Å². The summed E-state index contributed by atoms with van der Waals surface area (Å²) in [6.07, 6.45) is 2.13. The molecule has 0 aliphatic heterocycles. The number of hydrogen-bond acceptors (Lipinski definition) is 3. The van der Waals surface area contributed by atoms with Crippen LogP contribution < -0.4 is 4.72 Å². The summed E-state index contributed by atoms with van der Waals surface area (Å²) in [5, 5.41) is 0.634. The second kappa shape index (κ2) is 8.23. The summed E-state index contributed by atoms with van der Waals surface area (Å²) in [7, 11) is -3.30. The van der Waals surface area contributed by atoms with Crippen molar-refractivity contribution >= 4 is 20.9 Å². The standard InChI is InChI=1S/C24H29F2N3O2S/c1-15-9-10-27-22(23(25)26)21(15)16-5-8-19-17(12-28-32(30,31)18-6-7-18)13-29(20(19)11-16)14-24(2,3)4/h5,8-11,13,18,23,28H,6-7,12,14H2,1-4H3. The molecule has 0 radical (unpaired) electrons. The highest BCUT2D eigenvalue weighted by atomic mass is 32.2. The Morgan fingerprint density at radius 1 is 1.22 bits per heavy atom. The fraction of sp³-hybridized carbons (Fsp3) is 0.458. The largest absolute Gasteiger partial charge is 0.347 e. The lowest BCUT2D eigenvalue weighted by Gasteiger charge is -2.20. The quantitative estimate of drug-likeness (QED) is 0.500. The number of hydrogen-bond donors (Lipinski definition) is 1. The van der Waals surface area contributed by atoms with Crippen molar-refractivity contribution in [3.05, 3.63) is 53.5 Å². The minimum absolute atomic E-state index is 0.0227. The third kappa shape index (κ3) is 4.71. The van der Waals surface area contributed by atoms with Crippen molar-refractivity contribution in [3.8, 4) is 11.1 Å². The molecular weight excluding hydrogens is 432 g/mol. The zero-order chi connectivity index (χ0) is 23.3. The predicted molar refractivity (Wildman–Crippen MR) is 123 cm³/mol. The van der Waals surface area contributed by atoms with Gasteiger partial charge in [-0.05, 0) is 54.0 Å². The van der Waals surface area contributed by atoms with Gasteiger partial charge >= 0.3 is 0 Å². The monoisotopic (exact) mass is 461 g/mol. The molecule has 5 nitrogen and oxygen atoms in total. The lowest BCUT2D eigenvalue weighted by Crippen LogP contribution is -2.26. The molecule has 3 aromatic rings. The number of nitrogens with zero attached hydrogens (tertiary/aromatic N) is 2. The zero-order valence-corrected chi connectivity index (χ0v) is 19.6. The van der Waals surface area contributed by atoms with E-state index in [1.807, 2.05) is 24.4 Å². The van der Waals surface area contributed by atoms with Crippen LogP contribution in [0.15, 0.2) is 36.7 Å². The van der Waals surface area contributed by atoms with E-state index in [2.05, 4.69) is 35.0 Å². The van der Waals surface area contributed by atoms with Gasteiger partial charge in [-0.15, -0.1) is 0 Å². The van der Waals surface area contributed by atoms with Crippen LogP contribution in [0.25, 0.3) is 22.0 Å². The van der Waals surface area contributed by atoms with Gasteiger partial charge in [0.05, 0.1) is 5.25 Å². The molecule has 2 aromatic heterocycles. The van der Waals surface area contributed by atoms with Crippen molar-refractivity contribution in [2.45, 2.75) is 65.3 Å². The van der Waals surface area contributed by atoms with Gasteiger partial charge in [0, 0.05) is 41.9 Å². The van der Waals surface area contributed by atoms with Crippen molar-refractivity contribution in [1.82, 2.24) is 14.3 Å². The molecule has 1 aromatic carbocycles. The molecule has 0 atom stereocenters. The average Bonchev–Trinajstić information content (AvgIpc) is 3.50. The summed E-state index contributed by atoms with van der Waals surface area (Å²) in [4.78, 5) is 3.93. The zero-order valence-electron chi connectivity index (χ0n) is 18.8. The number of benzene rings is 1. The fourth-order valence-electron chi connectivity index (χ4n) is 4.10. The Bertz CT molecular complexity index is 1260. The number of aryl methyl sites for hydroxylation is 1. The SMILES string of the molecule is Cc1ccnc(C(F)F)c1-c1ccc2c(CNS(=O)(=O)C3CC3)cn(CC(C)(C)C)c2c1. The molecule has 0 saturated heterocycles. The maximum atomic E-state index is 13.7. The van der Waals surface area contributed by atoms with Gasteiger partial charge < -0.3 is 4.57 Å². The molecule has 8 heteroatoms. The number of alkyl halides is 2. The Labute approximate surface area is 187 Å². The maximum absolute atomic E-state index is 13.7. The van der Waals surface area contributed by atoms with Crippen LogP contribution in [0.3, 0.4) is 0 Å². The molecule has 0 bridgehead atoms. The first-order chi connectivity index (χ1) is 15.0. The van der Waals surface area contributed by atoms with Gasteiger partial charge in [-0.2, -0.15) is 0 Å². The highest BCUT2D eigenvalue weighted by molar-refractivity contribution is 7.90. The van der Waals surface area contributed by atoms with Crippen molar-refractivity contribution in [1.29, 1.82) is 0 Å². The Morgan fingerprint density at radius 3 is 2.56 bits per heavy atom. The summed E-state index contributed by atoms with van der Waals surface area (Å²) in [5.41, 5.74) is 3.38. The molecule has 0 spiro atoms. The van der Waals surface area contributed by atoms with Crippen molar-refractivity contribution in [2.75, 3.05) is 0 Å². The molecule has 172 valence electrons. The second-order valence-corrected chi connectivity index (χ2v) is 11.9. The Kier molecular flexibility index (Phi) is 5.88. The van der Waals surface area contributed by atoms with Crippen LogP contribution in [0.5, 0.6) is 0 Å². The van der Waals surface area contributed by atoms with Crippen LogP contribution in [0.4, 0.5) is 8.78 Å². The molecule has 4 rings (SSSR count). The number of sulfonamides is 1. The summed E-state index contributed by atoms with van der Waals surface area (Å²) in [6, 6.07) is 7.36. The van der Waals surface area contributed by atoms with Gasteiger partial charge in [0.15, 0.2) is 0 Å². The molecule has 1 saturated carbocycles. The number of rotatable bonds is 7. The van der Waals surface area contributed by atoms with E-state index in [-0.39, 0.29) is 22.9 Å². The minimum atomic E-state index is -3.30. The molecule has 0 unspecified atom stereocenters. The first-order valence-electron chi connectivity index (χ1n) is 10.8. The van der Waals surface area contributed by atoms with E-state index in [1.165, 1.54) is 6.20 Å². The van der Waals surface area contributed by atoms with Crippen LogP contribution in [-0.4, -0.2) is 23.2 Å². The average molecular weight is 462 g/mol. The number of pyridine rings is 1. The third-order valence-corrected chi connectivity index (χ3v) is 7.62. The topological polar surface area (TPSA) is 64.0 Å². The first kappa shape index (κ1) is 22.9. The molecule has 1 aliphatic carbocycles. The maximum Gasteiger partial charge on any atom is 0.280 e. The van der Waals surface area contributed by atoms with Gasteiger partial charge in [-0.1, -0.05) is 32.9 Å². The number of nitrogens with one attached hydrogen (secondary N) is 1. The second-order valence-electron chi connectivity index (χ2n) is 9.83. The van der Waals surface area contributed by atoms with Crippen LogP contribution in [-0.2, 0) is 23.1 Å². The van der Waals surface area contributed by atoms with Crippen LogP contribution in [0.2, 0.25) is 0 Å². The van der Waals surface area contributed by atoms with Gasteiger partial charge in [-0.25, -0.2) is 21.9 Å². The van der Waals surface area contributed by atoms with E-state index in [0.717, 1.165) is 22.0 Å². The van der Waals surface area contributed by atoms with E-state index in [0.29, 0.717) is 30.5 Å². The Morgan fingerprint density at radius 2 is 1.94 bits per heavy atom. The summed E-state index contributed by atoms with van der Waals surface area (Å²) in [6.45, 7) is 9.09. The summed E-state index contributed by atoms with van der Waals surface area (Å²) in [5.74, 6) is 0. The minimum Gasteiger partial charge on any atom is -0.347 e. The molecule has 1 N–H and O–H groups in total. The molecule has 0 amide bonds. The lowest BCUT2D eigenvalue weighted by molar-refractivity contribution is 0.146.